The first kappa shape index (κ1) is 23.5. The Hall–Kier alpha value is -3.24. The van der Waals surface area contributed by atoms with Gasteiger partial charge in [0.1, 0.15) is 0 Å². The van der Waals surface area contributed by atoms with Crippen LogP contribution in [0.5, 0.6) is 11.5 Å². The van der Waals surface area contributed by atoms with Crippen LogP contribution in [0.25, 0.3) is 10.2 Å². The van der Waals surface area contributed by atoms with Gasteiger partial charge in [0, 0.05) is 32.7 Å². The number of benzene rings is 2. The quantitative estimate of drug-likeness (QED) is 0.348. The average molecular weight is 494 g/mol. The van der Waals surface area contributed by atoms with Gasteiger partial charge in [-0.2, -0.15) is 0 Å². The van der Waals surface area contributed by atoms with Gasteiger partial charge in [0.25, 0.3) is 0 Å². The number of ether oxygens (including phenoxy) is 2. The first-order chi connectivity index (χ1) is 17.2. The monoisotopic (exact) mass is 493 g/mol. The number of para-hydroxylation sites is 1. The van der Waals surface area contributed by atoms with Crippen molar-refractivity contribution in [2.45, 2.75) is 32.4 Å². The van der Waals surface area contributed by atoms with Crippen molar-refractivity contribution in [3.8, 4) is 11.5 Å². The molecule has 0 aliphatic carbocycles. The summed E-state index contributed by atoms with van der Waals surface area (Å²) >= 11 is 1.77. The third-order valence-corrected chi connectivity index (χ3v) is 7.71. The maximum atomic E-state index is 5.44. The number of hydrogen-bond acceptors (Lipinski definition) is 9. The van der Waals surface area contributed by atoms with Gasteiger partial charge < -0.3 is 14.4 Å². The number of hydrogen-bond donors (Lipinski definition) is 0. The van der Waals surface area contributed by atoms with Crippen molar-refractivity contribution in [1.82, 2.24) is 30.1 Å². The fourth-order valence-electron chi connectivity index (χ4n) is 4.70. The van der Waals surface area contributed by atoms with Crippen molar-refractivity contribution in [1.29, 1.82) is 0 Å². The Bertz CT molecular complexity index is 1230. The maximum Gasteiger partial charge on any atom is 0.186 e. The summed E-state index contributed by atoms with van der Waals surface area (Å²) in [6, 6.07) is 14.5. The standard InChI is InChI=1S/C25H31N7O2S/c1-4-20(30-13-15-31(16-14-30)25-26-19-7-5-6-8-23(19)35-25)24-27-28-29-32(24)12-11-18-9-10-21(33-2)22(17-18)34-3/h5-10,17,20H,4,11-16H2,1-3H3/t20-/m1/s1. The molecule has 1 fully saturated rings. The Morgan fingerprint density at radius 2 is 1.80 bits per heavy atom. The van der Waals surface area contributed by atoms with Gasteiger partial charge >= 0.3 is 0 Å². The summed E-state index contributed by atoms with van der Waals surface area (Å²) in [5.41, 5.74) is 2.23. The Morgan fingerprint density at radius 3 is 2.54 bits per heavy atom. The lowest BCUT2D eigenvalue weighted by Crippen LogP contribution is -2.48. The van der Waals surface area contributed by atoms with E-state index in [0.29, 0.717) is 6.54 Å². The van der Waals surface area contributed by atoms with Crippen molar-refractivity contribution in [3.63, 3.8) is 0 Å². The predicted molar refractivity (Wildman–Crippen MR) is 138 cm³/mol. The van der Waals surface area contributed by atoms with Crippen LogP contribution in [0.15, 0.2) is 42.5 Å². The van der Waals surface area contributed by atoms with E-state index in [9.17, 15) is 0 Å². The molecule has 0 unspecified atom stereocenters. The van der Waals surface area contributed by atoms with Gasteiger partial charge in [0.2, 0.25) is 0 Å². The first-order valence-corrected chi connectivity index (χ1v) is 12.8. The topological polar surface area (TPSA) is 81.4 Å². The number of tetrazole rings is 1. The van der Waals surface area contributed by atoms with Gasteiger partial charge in [-0.3, -0.25) is 4.90 Å². The van der Waals surface area contributed by atoms with Crippen LogP contribution in [0.4, 0.5) is 5.13 Å². The van der Waals surface area contributed by atoms with Crippen molar-refractivity contribution in [2.24, 2.45) is 0 Å². The van der Waals surface area contributed by atoms with Gasteiger partial charge in [0.05, 0.1) is 30.5 Å². The van der Waals surface area contributed by atoms with Crippen LogP contribution >= 0.6 is 11.3 Å². The Labute approximate surface area is 209 Å². The van der Waals surface area contributed by atoms with Crippen LogP contribution in [0, 0.1) is 0 Å². The summed E-state index contributed by atoms with van der Waals surface area (Å²) in [6.07, 6.45) is 1.76. The SMILES string of the molecule is CC[C@H](c1nnnn1CCc1ccc(OC)c(OC)c1)N1CCN(c2nc3ccccc3s2)CC1. The van der Waals surface area contributed by atoms with Gasteiger partial charge in [-0.05, 0) is 53.1 Å². The van der Waals surface area contributed by atoms with Crippen LogP contribution in [0.2, 0.25) is 0 Å². The molecule has 0 amide bonds. The fourth-order valence-corrected chi connectivity index (χ4v) is 5.72. The molecule has 0 bridgehead atoms. The summed E-state index contributed by atoms with van der Waals surface area (Å²) in [7, 11) is 3.30. The lowest BCUT2D eigenvalue weighted by atomic mass is 10.1. The van der Waals surface area contributed by atoms with E-state index < -0.39 is 0 Å². The number of fused-ring (bicyclic) bond motifs is 1. The van der Waals surface area contributed by atoms with Crippen LogP contribution in [-0.4, -0.2) is 70.5 Å². The number of aryl methyl sites for hydroxylation is 2. The summed E-state index contributed by atoms with van der Waals surface area (Å²) in [4.78, 5) is 9.74. The van der Waals surface area contributed by atoms with E-state index in [4.69, 9.17) is 14.5 Å². The maximum absolute atomic E-state index is 5.44. The second kappa shape index (κ2) is 10.6. The van der Waals surface area contributed by atoms with Crippen molar-refractivity contribution in [2.75, 3.05) is 45.3 Å². The Balaban J connectivity index is 1.24. The highest BCUT2D eigenvalue weighted by atomic mass is 32.1. The number of nitrogens with zero attached hydrogens (tertiary/aromatic N) is 7. The second-order valence-electron chi connectivity index (χ2n) is 8.61. The zero-order valence-electron chi connectivity index (χ0n) is 20.4. The molecular formula is C25H31N7O2S. The molecule has 1 aliphatic heterocycles. The molecule has 2 aromatic heterocycles. The molecule has 0 N–H and O–H groups in total. The van der Waals surface area contributed by atoms with E-state index in [1.165, 1.54) is 4.70 Å². The highest BCUT2D eigenvalue weighted by molar-refractivity contribution is 7.22. The van der Waals surface area contributed by atoms with Crippen molar-refractivity contribution < 1.29 is 9.47 Å². The minimum Gasteiger partial charge on any atom is -0.493 e. The van der Waals surface area contributed by atoms with Crippen LogP contribution in [0.1, 0.15) is 30.8 Å². The summed E-state index contributed by atoms with van der Waals surface area (Å²) in [6.45, 7) is 6.72. The highest BCUT2D eigenvalue weighted by Crippen LogP contribution is 2.31. The lowest BCUT2D eigenvalue weighted by molar-refractivity contribution is 0.169. The van der Waals surface area contributed by atoms with Crippen LogP contribution in [0.3, 0.4) is 0 Å². The smallest absolute Gasteiger partial charge is 0.186 e. The van der Waals surface area contributed by atoms with E-state index in [-0.39, 0.29) is 6.04 Å². The molecular weight excluding hydrogens is 462 g/mol. The first-order valence-electron chi connectivity index (χ1n) is 12.0. The molecule has 9 nitrogen and oxygen atoms in total. The molecule has 0 radical (unpaired) electrons. The van der Waals surface area contributed by atoms with Crippen molar-refractivity contribution in [3.05, 3.63) is 53.9 Å². The third kappa shape index (κ3) is 4.94. The van der Waals surface area contributed by atoms with E-state index in [1.807, 2.05) is 22.9 Å². The molecule has 0 spiro atoms. The number of aromatic nitrogens is 5. The molecule has 5 rings (SSSR count). The van der Waals surface area contributed by atoms with Crippen molar-refractivity contribution >= 4 is 26.7 Å². The number of piperazine rings is 1. The molecule has 2 aromatic carbocycles. The molecule has 4 aromatic rings. The Kier molecular flexibility index (Phi) is 7.10. The number of rotatable bonds is 9. The molecule has 3 heterocycles. The minimum absolute atomic E-state index is 0.188. The number of thiazole rings is 1. The van der Waals surface area contributed by atoms with Gasteiger partial charge in [-0.1, -0.05) is 36.5 Å². The number of anilines is 1. The molecule has 1 saturated heterocycles. The molecule has 10 heteroatoms. The summed E-state index contributed by atoms with van der Waals surface area (Å²) in [5.74, 6) is 2.40. The molecule has 0 saturated carbocycles. The lowest BCUT2D eigenvalue weighted by Gasteiger charge is -2.38. The molecule has 1 aliphatic rings. The van der Waals surface area contributed by atoms with Gasteiger partial charge in [-0.15, -0.1) is 5.10 Å². The van der Waals surface area contributed by atoms with Gasteiger partial charge in [0.15, 0.2) is 22.5 Å². The molecule has 35 heavy (non-hydrogen) atoms. The largest absolute Gasteiger partial charge is 0.493 e. The minimum atomic E-state index is 0.188. The third-order valence-electron chi connectivity index (χ3n) is 6.61. The van der Waals surface area contributed by atoms with Crippen LogP contribution < -0.4 is 14.4 Å². The molecule has 1 atom stereocenters. The zero-order valence-corrected chi connectivity index (χ0v) is 21.2. The van der Waals surface area contributed by atoms with E-state index >= 15 is 0 Å². The predicted octanol–water partition coefficient (Wildman–Crippen LogP) is 3.82. The van der Waals surface area contributed by atoms with E-state index in [2.05, 4.69) is 56.5 Å². The van der Waals surface area contributed by atoms with Crippen LogP contribution in [-0.2, 0) is 13.0 Å². The fraction of sp³-hybridized carbons (Fsp3) is 0.440. The van der Waals surface area contributed by atoms with Gasteiger partial charge in [-0.25, -0.2) is 9.67 Å². The summed E-state index contributed by atoms with van der Waals surface area (Å²) < 4.78 is 14.0. The average Bonchev–Trinajstić information content (AvgIpc) is 3.55. The highest BCUT2D eigenvalue weighted by Gasteiger charge is 2.28. The molecule has 184 valence electrons. The van der Waals surface area contributed by atoms with E-state index in [0.717, 1.165) is 72.6 Å². The van der Waals surface area contributed by atoms with E-state index in [1.54, 1.807) is 25.6 Å². The number of methoxy groups -OCH3 is 2. The zero-order chi connectivity index (χ0) is 24.2. The Morgan fingerprint density at radius 1 is 1.00 bits per heavy atom. The normalized spacial score (nSPS) is 15.5. The summed E-state index contributed by atoms with van der Waals surface area (Å²) in [5, 5.41) is 13.9. The second-order valence-corrected chi connectivity index (χ2v) is 9.62.